The summed E-state index contributed by atoms with van der Waals surface area (Å²) in [7, 11) is 0. The van der Waals surface area contributed by atoms with Crippen molar-refractivity contribution in [2.75, 3.05) is 13.1 Å². The molecule has 0 radical (unpaired) electrons. The Morgan fingerprint density at radius 1 is 1.10 bits per heavy atom. The van der Waals surface area contributed by atoms with E-state index in [1.54, 1.807) is 22.7 Å². The molecule has 0 atom stereocenters. The number of para-hydroxylation sites is 1. The molecule has 3 heterocycles. The van der Waals surface area contributed by atoms with Crippen LogP contribution in [-0.2, 0) is 0 Å². The van der Waals surface area contributed by atoms with Crippen LogP contribution in [-0.4, -0.2) is 28.9 Å². The predicted molar refractivity (Wildman–Crippen MR) is 83.5 cm³/mol. The number of nitrogens with zero attached hydrogens (tertiary/aromatic N) is 2. The number of benzene rings is 1. The van der Waals surface area contributed by atoms with E-state index in [-0.39, 0.29) is 5.91 Å². The van der Waals surface area contributed by atoms with Gasteiger partial charge in [-0.05, 0) is 30.7 Å². The molecule has 100 valence electrons. The highest BCUT2D eigenvalue weighted by atomic mass is 32.1. The smallest absolute Gasteiger partial charge is 0.263 e. The Balaban J connectivity index is 1.68. The molecule has 0 unspecified atom stereocenters. The minimum atomic E-state index is 0.161. The van der Waals surface area contributed by atoms with Crippen LogP contribution in [0.5, 0.6) is 0 Å². The van der Waals surface area contributed by atoms with Crippen molar-refractivity contribution >= 4 is 38.8 Å². The molecule has 1 aliphatic rings. The van der Waals surface area contributed by atoms with Gasteiger partial charge in [0, 0.05) is 13.1 Å². The minimum absolute atomic E-state index is 0.161. The molecule has 4 rings (SSSR count). The summed E-state index contributed by atoms with van der Waals surface area (Å²) >= 11 is 3.22. The van der Waals surface area contributed by atoms with E-state index in [9.17, 15) is 4.79 Å². The zero-order chi connectivity index (χ0) is 13.5. The zero-order valence-electron chi connectivity index (χ0n) is 10.7. The number of hydrogen-bond acceptors (Lipinski definition) is 4. The van der Waals surface area contributed by atoms with Crippen LogP contribution < -0.4 is 0 Å². The molecule has 0 bridgehead atoms. The minimum Gasteiger partial charge on any atom is -0.338 e. The predicted octanol–water partition coefficient (Wildman–Crippen LogP) is 3.87. The first-order valence-corrected chi connectivity index (χ1v) is 8.19. The average molecular weight is 300 g/mol. The van der Waals surface area contributed by atoms with Crippen molar-refractivity contribution in [3.05, 3.63) is 41.3 Å². The van der Waals surface area contributed by atoms with E-state index >= 15 is 0 Å². The molecule has 0 saturated carbocycles. The van der Waals surface area contributed by atoms with Gasteiger partial charge in [0.2, 0.25) is 0 Å². The molecule has 1 saturated heterocycles. The molecule has 1 amide bonds. The van der Waals surface area contributed by atoms with Crippen molar-refractivity contribution in [1.82, 2.24) is 9.88 Å². The lowest BCUT2D eigenvalue weighted by molar-refractivity contribution is 0.0657. The van der Waals surface area contributed by atoms with Gasteiger partial charge in [0.1, 0.15) is 5.01 Å². The molecule has 1 fully saturated rings. The highest BCUT2D eigenvalue weighted by Crippen LogP contribution is 2.35. The number of hydrogen-bond donors (Lipinski definition) is 0. The Morgan fingerprint density at radius 3 is 2.70 bits per heavy atom. The summed E-state index contributed by atoms with van der Waals surface area (Å²) in [5.74, 6) is 0.161. The Bertz CT molecular complexity index is 753. The van der Waals surface area contributed by atoms with Crippen molar-refractivity contribution in [3.8, 4) is 9.88 Å². The van der Waals surface area contributed by atoms with Crippen molar-refractivity contribution in [2.45, 2.75) is 6.42 Å². The van der Waals surface area contributed by atoms with Crippen LogP contribution >= 0.6 is 22.7 Å². The van der Waals surface area contributed by atoms with Crippen molar-refractivity contribution < 1.29 is 4.79 Å². The van der Waals surface area contributed by atoms with Gasteiger partial charge in [-0.1, -0.05) is 12.1 Å². The van der Waals surface area contributed by atoms with E-state index in [0.717, 1.165) is 39.8 Å². The number of thiophene rings is 1. The van der Waals surface area contributed by atoms with Gasteiger partial charge < -0.3 is 4.90 Å². The summed E-state index contributed by atoms with van der Waals surface area (Å²) < 4.78 is 1.19. The third-order valence-corrected chi connectivity index (χ3v) is 5.74. The average Bonchev–Trinajstić information content (AvgIpc) is 3.03. The van der Waals surface area contributed by atoms with Crippen LogP contribution in [0, 0.1) is 0 Å². The van der Waals surface area contributed by atoms with Gasteiger partial charge in [0.05, 0.1) is 20.0 Å². The van der Waals surface area contributed by atoms with Gasteiger partial charge in [-0.3, -0.25) is 4.79 Å². The SMILES string of the molecule is O=C(c1ccc(-c2nc3ccccc3s2)s1)N1CCC1. The molecule has 0 spiro atoms. The van der Waals surface area contributed by atoms with E-state index < -0.39 is 0 Å². The lowest BCUT2D eigenvalue weighted by atomic mass is 10.2. The second-order valence-electron chi connectivity index (χ2n) is 4.80. The first-order chi connectivity index (χ1) is 9.81. The standard InChI is InChI=1S/C15H12N2OS2/c18-15(17-8-3-9-17)13-7-6-12(19-13)14-16-10-4-1-2-5-11(10)20-14/h1-2,4-7H,3,8-9H2. The number of carbonyl (C=O) groups excluding carboxylic acids is 1. The molecule has 20 heavy (non-hydrogen) atoms. The van der Waals surface area contributed by atoms with Gasteiger partial charge in [-0.2, -0.15) is 0 Å². The van der Waals surface area contributed by atoms with E-state index in [1.165, 1.54) is 4.70 Å². The van der Waals surface area contributed by atoms with Crippen LogP contribution in [0.4, 0.5) is 0 Å². The molecule has 1 aliphatic heterocycles. The third-order valence-electron chi connectivity index (χ3n) is 3.46. The number of fused-ring (bicyclic) bond motifs is 1. The summed E-state index contributed by atoms with van der Waals surface area (Å²) in [4.78, 5) is 20.6. The number of aromatic nitrogens is 1. The van der Waals surface area contributed by atoms with Gasteiger partial charge in [-0.15, -0.1) is 22.7 Å². The fourth-order valence-electron chi connectivity index (χ4n) is 2.22. The fraction of sp³-hybridized carbons (Fsp3) is 0.200. The Labute approximate surface area is 124 Å². The van der Waals surface area contributed by atoms with Gasteiger partial charge in [0.15, 0.2) is 0 Å². The first-order valence-electron chi connectivity index (χ1n) is 6.56. The lowest BCUT2D eigenvalue weighted by Gasteiger charge is -2.30. The van der Waals surface area contributed by atoms with E-state index in [4.69, 9.17) is 0 Å². The molecule has 0 N–H and O–H groups in total. The molecular formula is C15H12N2OS2. The van der Waals surface area contributed by atoms with Crippen LogP contribution in [0.2, 0.25) is 0 Å². The topological polar surface area (TPSA) is 33.2 Å². The highest BCUT2D eigenvalue weighted by molar-refractivity contribution is 7.26. The molecular weight excluding hydrogens is 288 g/mol. The van der Waals surface area contributed by atoms with Gasteiger partial charge >= 0.3 is 0 Å². The van der Waals surface area contributed by atoms with Crippen LogP contribution in [0.15, 0.2) is 36.4 Å². The fourth-order valence-corrected chi connectivity index (χ4v) is 4.21. The van der Waals surface area contributed by atoms with Crippen LogP contribution in [0.3, 0.4) is 0 Å². The number of likely N-dealkylation sites (tertiary alicyclic amines) is 1. The molecule has 0 aliphatic carbocycles. The summed E-state index contributed by atoms with van der Waals surface area (Å²) in [5, 5.41) is 0.999. The second-order valence-corrected chi connectivity index (χ2v) is 6.91. The number of thiazole rings is 1. The molecule has 3 nitrogen and oxygen atoms in total. The molecule has 1 aromatic carbocycles. The molecule has 3 aromatic rings. The maximum atomic E-state index is 12.2. The van der Waals surface area contributed by atoms with Crippen molar-refractivity contribution in [1.29, 1.82) is 0 Å². The van der Waals surface area contributed by atoms with Gasteiger partial charge in [-0.25, -0.2) is 4.98 Å². The normalized spacial score (nSPS) is 14.5. The largest absolute Gasteiger partial charge is 0.338 e. The van der Waals surface area contributed by atoms with Gasteiger partial charge in [0.25, 0.3) is 5.91 Å². The zero-order valence-corrected chi connectivity index (χ0v) is 12.3. The maximum Gasteiger partial charge on any atom is 0.263 e. The first kappa shape index (κ1) is 12.1. The quantitative estimate of drug-likeness (QED) is 0.720. The van der Waals surface area contributed by atoms with E-state index in [2.05, 4.69) is 11.1 Å². The maximum absolute atomic E-state index is 12.2. The monoisotopic (exact) mass is 300 g/mol. The Morgan fingerprint density at radius 2 is 1.95 bits per heavy atom. The number of rotatable bonds is 2. The van der Waals surface area contributed by atoms with Crippen molar-refractivity contribution in [2.24, 2.45) is 0 Å². The third kappa shape index (κ3) is 1.94. The van der Waals surface area contributed by atoms with E-state index in [0.29, 0.717) is 0 Å². The number of amides is 1. The molecule has 5 heteroatoms. The van der Waals surface area contributed by atoms with Crippen LogP contribution in [0.25, 0.3) is 20.1 Å². The van der Waals surface area contributed by atoms with Crippen molar-refractivity contribution in [3.63, 3.8) is 0 Å². The summed E-state index contributed by atoms with van der Waals surface area (Å²) in [6.45, 7) is 1.79. The highest BCUT2D eigenvalue weighted by Gasteiger charge is 2.23. The van der Waals surface area contributed by atoms with E-state index in [1.807, 2.05) is 35.2 Å². The second kappa shape index (κ2) is 4.68. The lowest BCUT2D eigenvalue weighted by Crippen LogP contribution is -2.41. The Kier molecular flexibility index (Phi) is 2.82. The molecule has 2 aromatic heterocycles. The summed E-state index contributed by atoms with van der Waals surface area (Å²) in [6, 6.07) is 12.1. The summed E-state index contributed by atoms with van der Waals surface area (Å²) in [5.41, 5.74) is 1.02. The summed E-state index contributed by atoms with van der Waals surface area (Å²) in [6.07, 6.45) is 1.13. The Hall–Kier alpha value is -1.72. The number of carbonyl (C=O) groups is 1. The van der Waals surface area contributed by atoms with Crippen LogP contribution in [0.1, 0.15) is 16.1 Å².